The lowest BCUT2D eigenvalue weighted by atomic mass is 10.1. The summed E-state index contributed by atoms with van der Waals surface area (Å²) in [6.07, 6.45) is 5.38. The summed E-state index contributed by atoms with van der Waals surface area (Å²) in [5.74, 6) is 6.96. The van der Waals surface area contributed by atoms with E-state index in [1.165, 1.54) is 0 Å². The first-order chi connectivity index (χ1) is 13.5. The third-order valence-corrected chi connectivity index (χ3v) is 5.70. The monoisotopic (exact) mass is 387 g/mol. The Balaban J connectivity index is 1.34. The summed E-state index contributed by atoms with van der Waals surface area (Å²) >= 11 is 0. The summed E-state index contributed by atoms with van der Waals surface area (Å²) in [5.41, 5.74) is -0.0398. The zero-order valence-electron chi connectivity index (χ0n) is 17.4. The van der Waals surface area contributed by atoms with Crippen LogP contribution in [0, 0.1) is 11.8 Å². The quantitative estimate of drug-likeness (QED) is 0.697. The summed E-state index contributed by atoms with van der Waals surface area (Å²) in [4.78, 5) is 23.4. The Bertz CT molecular complexity index is 735. The first-order valence-corrected chi connectivity index (χ1v) is 10.3. The average Bonchev–Trinajstić information content (AvgIpc) is 2.71. The van der Waals surface area contributed by atoms with E-state index in [1.54, 1.807) is 24.0 Å². The summed E-state index contributed by atoms with van der Waals surface area (Å²) < 4.78 is 7.50. The minimum atomic E-state index is -0.0398. The Kier molecular flexibility index (Phi) is 7.49. The predicted octanol–water partition coefficient (Wildman–Crippen LogP) is 0.795. The maximum atomic E-state index is 12.2. The molecular weight excluding hydrogens is 354 g/mol. The Morgan fingerprint density at radius 2 is 1.86 bits per heavy atom. The topological polar surface area (TPSA) is 53.8 Å². The predicted molar refractivity (Wildman–Crippen MR) is 112 cm³/mol. The minimum absolute atomic E-state index is 0.0398. The highest BCUT2D eigenvalue weighted by atomic mass is 16.5. The van der Waals surface area contributed by atoms with Gasteiger partial charge < -0.3 is 14.2 Å². The van der Waals surface area contributed by atoms with Crippen LogP contribution in [0.25, 0.3) is 0 Å². The van der Waals surface area contributed by atoms with E-state index < -0.39 is 0 Å². The minimum Gasteiger partial charge on any atom is -0.365 e. The molecule has 3 heterocycles. The van der Waals surface area contributed by atoms with E-state index in [1.807, 2.05) is 0 Å². The lowest BCUT2D eigenvalue weighted by Crippen LogP contribution is -2.48. The number of piperazine rings is 1. The van der Waals surface area contributed by atoms with Gasteiger partial charge in [0.2, 0.25) is 0 Å². The van der Waals surface area contributed by atoms with Crippen LogP contribution in [0.4, 0.5) is 5.82 Å². The van der Waals surface area contributed by atoms with Crippen LogP contribution in [0.15, 0.2) is 17.2 Å². The molecule has 0 spiro atoms. The number of nitrogens with zero attached hydrogens (tertiary/aromatic N) is 5. The molecule has 0 amide bonds. The molecule has 1 aromatic rings. The van der Waals surface area contributed by atoms with Gasteiger partial charge in [0.15, 0.2) is 5.82 Å². The molecule has 3 rings (SSSR count). The Hall–Kier alpha value is -1.88. The maximum absolute atomic E-state index is 12.2. The lowest BCUT2D eigenvalue weighted by molar-refractivity contribution is 0.0592. The smallest absolute Gasteiger partial charge is 0.293 e. The summed E-state index contributed by atoms with van der Waals surface area (Å²) in [6.45, 7) is 11.9. The summed E-state index contributed by atoms with van der Waals surface area (Å²) in [7, 11) is 1.76. The van der Waals surface area contributed by atoms with Gasteiger partial charge in [-0.2, -0.15) is 0 Å². The van der Waals surface area contributed by atoms with Crippen LogP contribution in [0.2, 0.25) is 0 Å². The molecule has 7 heteroatoms. The molecule has 0 bridgehead atoms. The molecule has 0 aliphatic carbocycles. The van der Waals surface area contributed by atoms with Crippen molar-refractivity contribution in [3.63, 3.8) is 0 Å². The largest absolute Gasteiger partial charge is 0.365 e. The van der Waals surface area contributed by atoms with Crippen LogP contribution in [0.1, 0.15) is 26.7 Å². The third-order valence-electron chi connectivity index (χ3n) is 5.70. The second-order valence-corrected chi connectivity index (χ2v) is 7.92. The molecule has 2 saturated heterocycles. The number of aryl methyl sites for hydroxylation is 1. The van der Waals surface area contributed by atoms with Crippen molar-refractivity contribution in [3.8, 4) is 11.8 Å². The van der Waals surface area contributed by atoms with Gasteiger partial charge in [0.1, 0.15) is 6.61 Å². The second kappa shape index (κ2) is 10.1. The van der Waals surface area contributed by atoms with Crippen molar-refractivity contribution in [2.45, 2.75) is 38.8 Å². The Labute approximate surface area is 168 Å². The lowest BCUT2D eigenvalue weighted by Gasteiger charge is -2.36. The van der Waals surface area contributed by atoms with E-state index in [2.05, 4.69) is 45.4 Å². The van der Waals surface area contributed by atoms with Crippen LogP contribution >= 0.6 is 0 Å². The molecule has 0 N–H and O–H groups in total. The van der Waals surface area contributed by atoms with Crippen molar-refractivity contribution in [2.75, 3.05) is 57.3 Å². The zero-order chi connectivity index (χ0) is 19.9. The molecular formula is C21H33N5O2. The van der Waals surface area contributed by atoms with Gasteiger partial charge in [-0.15, -0.1) is 0 Å². The van der Waals surface area contributed by atoms with Gasteiger partial charge in [-0.25, -0.2) is 4.98 Å². The molecule has 2 fully saturated rings. The van der Waals surface area contributed by atoms with Gasteiger partial charge in [0.05, 0.1) is 12.6 Å². The van der Waals surface area contributed by atoms with Crippen molar-refractivity contribution < 1.29 is 4.74 Å². The zero-order valence-corrected chi connectivity index (χ0v) is 17.4. The van der Waals surface area contributed by atoms with E-state index in [0.29, 0.717) is 18.5 Å². The average molecular weight is 388 g/mol. The van der Waals surface area contributed by atoms with Gasteiger partial charge in [-0.05, 0) is 26.7 Å². The van der Waals surface area contributed by atoms with Crippen molar-refractivity contribution in [1.82, 2.24) is 19.4 Å². The van der Waals surface area contributed by atoms with Gasteiger partial charge in [0, 0.05) is 64.8 Å². The number of rotatable bonds is 5. The maximum Gasteiger partial charge on any atom is 0.293 e. The molecule has 0 atom stereocenters. The van der Waals surface area contributed by atoms with Crippen LogP contribution < -0.4 is 10.5 Å². The summed E-state index contributed by atoms with van der Waals surface area (Å²) in [5, 5.41) is 0. The number of ether oxygens (including phenoxy) is 1. The molecule has 0 aromatic carbocycles. The van der Waals surface area contributed by atoms with Gasteiger partial charge in [-0.3, -0.25) is 14.6 Å². The third kappa shape index (κ3) is 5.57. The highest BCUT2D eigenvalue weighted by Gasteiger charge is 2.22. The first kappa shape index (κ1) is 20.8. The molecule has 154 valence electrons. The molecule has 0 radical (unpaired) electrons. The van der Waals surface area contributed by atoms with Crippen LogP contribution in [0.5, 0.6) is 0 Å². The molecule has 7 nitrogen and oxygen atoms in total. The fraction of sp³-hybridized carbons (Fsp3) is 0.714. The molecule has 2 aliphatic heterocycles. The number of aromatic nitrogens is 2. The van der Waals surface area contributed by atoms with Crippen molar-refractivity contribution in [1.29, 1.82) is 0 Å². The van der Waals surface area contributed by atoms with Crippen molar-refractivity contribution in [3.05, 3.63) is 22.7 Å². The SMILES string of the molecule is CC(C)N1CCN(CC#CCOC2CCN(c3nccn(C)c3=O)CC2)CC1. The molecule has 1 aromatic heterocycles. The Morgan fingerprint density at radius 1 is 1.14 bits per heavy atom. The van der Waals surface area contributed by atoms with Crippen molar-refractivity contribution in [2.24, 2.45) is 7.05 Å². The molecule has 2 aliphatic rings. The van der Waals surface area contributed by atoms with E-state index in [0.717, 1.165) is 58.7 Å². The number of piperidine rings is 1. The highest BCUT2D eigenvalue weighted by Crippen LogP contribution is 2.16. The normalized spacial score (nSPS) is 19.6. The fourth-order valence-corrected chi connectivity index (χ4v) is 3.75. The first-order valence-electron chi connectivity index (χ1n) is 10.3. The van der Waals surface area contributed by atoms with E-state index in [-0.39, 0.29) is 11.7 Å². The van der Waals surface area contributed by atoms with Gasteiger partial charge in [-0.1, -0.05) is 11.8 Å². The van der Waals surface area contributed by atoms with E-state index in [4.69, 9.17) is 4.74 Å². The van der Waals surface area contributed by atoms with E-state index >= 15 is 0 Å². The van der Waals surface area contributed by atoms with Gasteiger partial charge >= 0.3 is 0 Å². The molecule has 0 saturated carbocycles. The van der Waals surface area contributed by atoms with Gasteiger partial charge in [0.25, 0.3) is 5.56 Å². The van der Waals surface area contributed by atoms with Crippen LogP contribution in [-0.2, 0) is 11.8 Å². The van der Waals surface area contributed by atoms with Crippen molar-refractivity contribution >= 4 is 5.82 Å². The molecule has 28 heavy (non-hydrogen) atoms. The Morgan fingerprint density at radius 3 is 2.54 bits per heavy atom. The van der Waals surface area contributed by atoms with Crippen LogP contribution in [0.3, 0.4) is 0 Å². The number of hydrogen-bond acceptors (Lipinski definition) is 6. The highest BCUT2D eigenvalue weighted by molar-refractivity contribution is 5.36. The number of hydrogen-bond donors (Lipinski definition) is 0. The second-order valence-electron chi connectivity index (χ2n) is 7.92. The van der Waals surface area contributed by atoms with E-state index in [9.17, 15) is 4.79 Å². The summed E-state index contributed by atoms with van der Waals surface area (Å²) in [6, 6.07) is 0.633. The van der Waals surface area contributed by atoms with Crippen LogP contribution in [-0.4, -0.2) is 83.9 Å². The fourth-order valence-electron chi connectivity index (χ4n) is 3.75. The number of anilines is 1. The standard InChI is InChI=1S/C21H33N5O2/c1-18(2)25-15-13-24(14-16-25)9-4-5-17-28-19-6-10-26(11-7-19)20-21(27)23(3)12-8-22-20/h8,12,18-19H,6-7,9-11,13-17H2,1-3H3. The molecule has 0 unspecified atom stereocenters.